The normalized spacial score (nSPS) is 13.8. The van der Waals surface area contributed by atoms with Crippen LogP contribution in [0.3, 0.4) is 0 Å². The summed E-state index contributed by atoms with van der Waals surface area (Å²) in [5.41, 5.74) is 5.54. The molecule has 0 radical (unpaired) electrons. The molecule has 0 aliphatic heterocycles. The molecule has 0 saturated carbocycles. The van der Waals surface area contributed by atoms with Crippen molar-refractivity contribution >= 4 is 46.5 Å². The van der Waals surface area contributed by atoms with Crippen molar-refractivity contribution in [1.82, 2.24) is 5.32 Å². The van der Waals surface area contributed by atoms with Crippen LogP contribution in [-0.4, -0.2) is 12.2 Å². The number of hydrogen-bond donors (Lipinski definition) is 1. The van der Waals surface area contributed by atoms with Crippen LogP contribution in [0.2, 0.25) is 5.02 Å². The number of benzene rings is 3. The van der Waals surface area contributed by atoms with E-state index in [0.29, 0.717) is 11.6 Å². The third-order valence-electron chi connectivity index (χ3n) is 5.16. The van der Waals surface area contributed by atoms with Crippen LogP contribution in [0.25, 0.3) is 17.2 Å². The van der Waals surface area contributed by atoms with E-state index in [1.165, 1.54) is 17.0 Å². The van der Waals surface area contributed by atoms with Gasteiger partial charge in [0.2, 0.25) is 5.91 Å². The van der Waals surface area contributed by atoms with E-state index < -0.39 is 0 Å². The summed E-state index contributed by atoms with van der Waals surface area (Å²) in [7, 11) is 0. The number of allylic oxidation sites excluding steroid dienone is 2. The number of hydrogen-bond acceptors (Lipinski definition) is 2. The third-order valence-corrected chi connectivity index (χ3v) is 6.16. The molecule has 0 spiro atoms. The SMILES string of the molecule is CSc1ccc(C=C2C=C(CC(=O)NCc3ccc(Cl)cc3)c3cc(F)ccc32)cc1. The summed E-state index contributed by atoms with van der Waals surface area (Å²) in [5.74, 6) is -0.418. The largest absolute Gasteiger partial charge is 0.352 e. The van der Waals surface area contributed by atoms with E-state index in [0.717, 1.165) is 33.4 Å². The zero-order valence-corrected chi connectivity index (χ0v) is 18.6. The summed E-state index contributed by atoms with van der Waals surface area (Å²) in [4.78, 5) is 13.8. The first-order chi connectivity index (χ1) is 15.0. The standard InChI is InChI=1S/C26H21ClFNOS/c1-31-23-9-4-17(5-10-23)12-19-13-20(25-15-22(28)8-11-24(19)25)14-26(30)29-16-18-2-6-21(27)7-3-18/h2-13,15H,14,16H2,1H3,(H,29,30). The predicted octanol–water partition coefficient (Wildman–Crippen LogP) is 6.85. The monoisotopic (exact) mass is 449 g/mol. The molecule has 5 heteroatoms. The molecule has 2 nitrogen and oxygen atoms in total. The van der Waals surface area contributed by atoms with Crippen molar-refractivity contribution in [3.63, 3.8) is 0 Å². The number of carbonyl (C=O) groups is 1. The minimum Gasteiger partial charge on any atom is -0.352 e. The van der Waals surface area contributed by atoms with Gasteiger partial charge >= 0.3 is 0 Å². The Hall–Kier alpha value is -2.82. The third kappa shape index (κ3) is 5.27. The van der Waals surface area contributed by atoms with E-state index in [4.69, 9.17) is 11.6 Å². The van der Waals surface area contributed by atoms with Gasteiger partial charge in [-0.25, -0.2) is 4.39 Å². The maximum atomic E-state index is 14.0. The average Bonchev–Trinajstić information content (AvgIpc) is 3.10. The highest BCUT2D eigenvalue weighted by Gasteiger charge is 2.21. The number of halogens is 2. The molecular weight excluding hydrogens is 429 g/mol. The van der Waals surface area contributed by atoms with Gasteiger partial charge in [-0.05, 0) is 88.2 Å². The second kappa shape index (κ2) is 9.54. The fourth-order valence-electron chi connectivity index (χ4n) is 3.56. The summed E-state index contributed by atoms with van der Waals surface area (Å²) in [5, 5.41) is 3.59. The maximum absolute atomic E-state index is 14.0. The average molecular weight is 450 g/mol. The molecule has 1 amide bonds. The van der Waals surface area contributed by atoms with Gasteiger partial charge in [0.1, 0.15) is 5.82 Å². The summed E-state index contributed by atoms with van der Waals surface area (Å²) in [6, 6.07) is 20.4. The Kier molecular flexibility index (Phi) is 6.59. The Bertz CT molecular complexity index is 1170. The van der Waals surface area contributed by atoms with Crippen molar-refractivity contribution in [2.24, 2.45) is 0 Å². The lowest BCUT2D eigenvalue weighted by Crippen LogP contribution is -2.22. The summed E-state index contributed by atoms with van der Waals surface area (Å²) >= 11 is 7.60. The Morgan fingerprint density at radius 1 is 1.03 bits per heavy atom. The van der Waals surface area contributed by atoms with Crippen LogP contribution >= 0.6 is 23.4 Å². The molecule has 0 saturated heterocycles. The van der Waals surface area contributed by atoms with Crippen molar-refractivity contribution in [3.05, 3.63) is 106 Å². The van der Waals surface area contributed by atoms with Gasteiger partial charge in [-0.2, -0.15) is 0 Å². The molecule has 3 aromatic carbocycles. The Labute approximate surface area is 190 Å². The van der Waals surface area contributed by atoms with Crippen LogP contribution in [-0.2, 0) is 11.3 Å². The molecule has 31 heavy (non-hydrogen) atoms. The fourth-order valence-corrected chi connectivity index (χ4v) is 4.10. The van der Waals surface area contributed by atoms with Crippen molar-refractivity contribution in [2.75, 3.05) is 6.26 Å². The topological polar surface area (TPSA) is 29.1 Å². The predicted molar refractivity (Wildman–Crippen MR) is 128 cm³/mol. The van der Waals surface area contributed by atoms with Gasteiger partial charge < -0.3 is 5.32 Å². The first kappa shape index (κ1) is 21.4. The highest BCUT2D eigenvalue weighted by atomic mass is 35.5. The lowest BCUT2D eigenvalue weighted by molar-refractivity contribution is -0.120. The molecule has 1 aliphatic rings. The van der Waals surface area contributed by atoms with E-state index >= 15 is 0 Å². The quantitative estimate of drug-likeness (QED) is 0.417. The van der Waals surface area contributed by atoms with Gasteiger partial charge in [0.05, 0.1) is 6.42 Å². The lowest BCUT2D eigenvalue weighted by atomic mass is 10.0. The Morgan fingerprint density at radius 3 is 2.48 bits per heavy atom. The fraction of sp³-hybridized carbons (Fsp3) is 0.115. The van der Waals surface area contributed by atoms with Crippen molar-refractivity contribution < 1.29 is 9.18 Å². The smallest absolute Gasteiger partial charge is 0.224 e. The van der Waals surface area contributed by atoms with Crippen LogP contribution in [0.5, 0.6) is 0 Å². The van der Waals surface area contributed by atoms with Crippen molar-refractivity contribution in [2.45, 2.75) is 17.9 Å². The zero-order valence-electron chi connectivity index (χ0n) is 17.0. The number of rotatable bonds is 6. The molecule has 0 fully saturated rings. The molecule has 4 rings (SSSR count). The van der Waals surface area contributed by atoms with Crippen molar-refractivity contribution in [3.8, 4) is 0 Å². The minimum absolute atomic E-state index is 0.109. The van der Waals surface area contributed by atoms with Gasteiger partial charge in [0.15, 0.2) is 0 Å². The first-order valence-corrected chi connectivity index (χ1v) is 11.5. The highest BCUT2D eigenvalue weighted by Crippen LogP contribution is 2.38. The van der Waals surface area contributed by atoms with Gasteiger partial charge in [0, 0.05) is 16.5 Å². The number of fused-ring (bicyclic) bond motifs is 1. The maximum Gasteiger partial charge on any atom is 0.224 e. The van der Waals surface area contributed by atoms with Gasteiger partial charge in [-0.1, -0.05) is 41.9 Å². The van der Waals surface area contributed by atoms with Crippen LogP contribution in [0.1, 0.15) is 28.7 Å². The van der Waals surface area contributed by atoms with Gasteiger partial charge in [-0.3, -0.25) is 4.79 Å². The van der Waals surface area contributed by atoms with Gasteiger partial charge in [-0.15, -0.1) is 11.8 Å². The van der Waals surface area contributed by atoms with Crippen LogP contribution in [0, 0.1) is 5.82 Å². The Morgan fingerprint density at radius 2 is 1.77 bits per heavy atom. The van der Waals surface area contributed by atoms with E-state index in [1.807, 2.05) is 24.5 Å². The molecule has 3 aromatic rings. The minimum atomic E-state index is -0.309. The Balaban J connectivity index is 1.53. The van der Waals surface area contributed by atoms with E-state index in [9.17, 15) is 9.18 Å². The molecule has 0 unspecified atom stereocenters. The van der Waals surface area contributed by atoms with Crippen molar-refractivity contribution in [1.29, 1.82) is 0 Å². The second-order valence-electron chi connectivity index (χ2n) is 7.31. The molecular formula is C26H21ClFNOS. The summed E-state index contributed by atoms with van der Waals surface area (Å²) in [6.07, 6.45) is 6.28. The molecule has 1 aliphatic carbocycles. The van der Waals surface area contributed by atoms with E-state index in [-0.39, 0.29) is 18.1 Å². The molecule has 0 atom stereocenters. The molecule has 0 aromatic heterocycles. The highest BCUT2D eigenvalue weighted by molar-refractivity contribution is 7.98. The number of nitrogens with one attached hydrogen (secondary N) is 1. The second-order valence-corrected chi connectivity index (χ2v) is 8.63. The number of thioether (sulfide) groups is 1. The number of carbonyl (C=O) groups excluding carboxylic acids is 1. The van der Waals surface area contributed by atoms with E-state index in [1.54, 1.807) is 30.0 Å². The first-order valence-electron chi connectivity index (χ1n) is 9.89. The van der Waals surface area contributed by atoms with Crippen LogP contribution in [0.15, 0.2) is 77.7 Å². The molecule has 0 heterocycles. The summed E-state index contributed by atoms with van der Waals surface area (Å²) < 4.78 is 14.0. The van der Waals surface area contributed by atoms with Crippen LogP contribution in [0.4, 0.5) is 4.39 Å². The molecule has 0 bridgehead atoms. The molecule has 156 valence electrons. The van der Waals surface area contributed by atoms with E-state index in [2.05, 4.69) is 35.7 Å². The lowest BCUT2D eigenvalue weighted by Gasteiger charge is -2.08. The number of amides is 1. The zero-order chi connectivity index (χ0) is 21.8. The van der Waals surface area contributed by atoms with Crippen LogP contribution < -0.4 is 5.32 Å². The summed E-state index contributed by atoms with van der Waals surface area (Å²) in [6.45, 7) is 0.420. The van der Waals surface area contributed by atoms with Gasteiger partial charge in [0.25, 0.3) is 0 Å². The molecule has 1 N–H and O–H groups in total.